The Labute approximate surface area is 139 Å². The summed E-state index contributed by atoms with van der Waals surface area (Å²) in [7, 11) is -2.42. The van der Waals surface area contributed by atoms with E-state index in [9.17, 15) is 8.42 Å². The van der Waals surface area contributed by atoms with Crippen molar-refractivity contribution in [2.24, 2.45) is 0 Å². The van der Waals surface area contributed by atoms with Crippen molar-refractivity contribution >= 4 is 15.7 Å². The normalized spacial score (nSPS) is 11.2. The molecule has 124 valence electrons. The summed E-state index contributed by atoms with van der Waals surface area (Å²) in [6, 6.07) is 10.3. The van der Waals surface area contributed by atoms with Crippen molar-refractivity contribution in [1.82, 2.24) is 10.2 Å². The molecule has 0 radical (unpaired) electrons. The van der Waals surface area contributed by atoms with Gasteiger partial charge in [0.05, 0.1) is 25.3 Å². The van der Waals surface area contributed by atoms with Gasteiger partial charge in [-0.15, -0.1) is 5.10 Å². The van der Waals surface area contributed by atoms with Crippen LogP contribution < -0.4 is 9.46 Å². The number of anilines is 1. The highest BCUT2D eigenvalue weighted by Crippen LogP contribution is 2.27. The zero-order valence-electron chi connectivity index (χ0n) is 13.1. The van der Waals surface area contributed by atoms with Crippen LogP contribution in [0.4, 0.5) is 5.69 Å². The molecule has 8 heteroatoms. The molecule has 24 heavy (non-hydrogen) atoms. The van der Waals surface area contributed by atoms with Crippen molar-refractivity contribution in [2.75, 3.05) is 11.8 Å². The zero-order valence-corrected chi connectivity index (χ0v) is 13.9. The van der Waals surface area contributed by atoms with Gasteiger partial charge in [0.2, 0.25) is 5.88 Å². The highest BCUT2D eigenvalue weighted by atomic mass is 32.2. The lowest BCUT2D eigenvalue weighted by molar-refractivity contribution is 0.390. The summed E-state index contributed by atoms with van der Waals surface area (Å²) < 4.78 is 37.9. The Hall–Kier alpha value is -2.87. The molecule has 0 unspecified atom stereocenters. The molecule has 2 aromatic heterocycles. The number of aryl methyl sites for hydroxylation is 1. The molecular formula is C16H15N3O4S. The molecule has 0 aliphatic heterocycles. The monoisotopic (exact) mass is 345 g/mol. The summed E-state index contributed by atoms with van der Waals surface area (Å²) in [6.07, 6.45) is 2.73. The minimum Gasteiger partial charge on any atom is -0.480 e. The average Bonchev–Trinajstić information content (AvgIpc) is 3.11. The van der Waals surface area contributed by atoms with Crippen molar-refractivity contribution in [1.29, 1.82) is 0 Å². The average molecular weight is 345 g/mol. The Morgan fingerprint density at radius 3 is 2.75 bits per heavy atom. The number of aromatic nitrogens is 2. The molecule has 2 heterocycles. The fraction of sp³-hybridized carbons (Fsp3) is 0.125. The number of rotatable bonds is 5. The number of benzene rings is 1. The van der Waals surface area contributed by atoms with Gasteiger partial charge >= 0.3 is 0 Å². The van der Waals surface area contributed by atoms with Crippen molar-refractivity contribution in [2.45, 2.75) is 11.8 Å². The second-order valence-electron chi connectivity index (χ2n) is 5.05. The van der Waals surface area contributed by atoms with E-state index in [0.29, 0.717) is 11.4 Å². The van der Waals surface area contributed by atoms with Gasteiger partial charge in [-0.1, -0.05) is 12.1 Å². The minimum atomic E-state index is -3.82. The number of hydrogen-bond acceptors (Lipinski definition) is 6. The third-order valence-electron chi connectivity index (χ3n) is 3.41. The lowest BCUT2D eigenvalue weighted by atomic mass is 10.1. The summed E-state index contributed by atoms with van der Waals surface area (Å²) in [6.45, 7) is 1.81. The molecule has 0 aliphatic carbocycles. The molecule has 3 aromatic rings. The molecule has 0 saturated carbocycles. The van der Waals surface area contributed by atoms with E-state index in [-0.39, 0.29) is 10.8 Å². The van der Waals surface area contributed by atoms with Gasteiger partial charge in [-0.25, -0.2) is 8.42 Å². The minimum absolute atomic E-state index is 0.0304. The molecule has 0 atom stereocenters. The van der Waals surface area contributed by atoms with E-state index in [2.05, 4.69) is 14.9 Å². The van der Waals surface area contributed by atoms with Crippen molar-refractivity contribution < 1.29 is 17.6 Å². The maximum absolute atomic E-state index is 12.6. The fourth-order valence-corrected chi connectivity index (χ4v) is 3.18. The number of nitrogens with zero attached hydrogens (tertiary/aromatic N) is 2. The predicted molar refractivity (Wildman–Crippen MR) is 88.3 cm³/mol. The van der Waals surface area contributed by atoms with Crippen molar-refractivity contribution in [3.8, 4) is 17.2 Å². The predicted octanol–water partition coefficient (Wildman–Crippen LogP) is 2.85. The first kappa shape index (κ1) is 16.0. The van der Waals surface area contributed by atoms with Gasteiger partial charge in [0, 0.05) is 11.6 Å². The molecule has 0 bridgehead atoms. The highest BCUT2D eigenvalue weighted by molar-refractivity contribution is 7.92. The van der Waals surface area contributed by atoms with Crippen LogP contribution in [0, 0.1) is 6.92 Å². The third kappa shape index (κ3) is 3.23. The van der Waals surface area contributed by atoms with Crippen LogP contribution in [0.2, 0.25) is 0 Å². The Bertz CT molecular complexity index is 953. The van der Waals surface area contributed by atoms with Crippen LogP contribution in [0.3, 0.4) is 0 Å². The quantitative estimate of drug-likeness (QED) is 0.764. The van der Waals surface area contributed by atoms with E-state index in [1.165, 1.54) is 13.2 Å². The highest BCUT2D eigenvalue weighted by Gasteiger charge is 2.18. The van der Waals surface area contributed by atoms with E-state index in [1.54, 1.807) is 24.5 Å². The lowest BCUT2D eigenvalue weighted by Gasteiger charge is -2.12. The molecule has 7 nitrogen and oxygen atoms in total. The smallest absolute Gasteiger partial charge is 0.263 e. The fourth-order valence-electron chi connectivity index (χ4n) is 2.11. The Balaban J connectivity index is 1.96. The van der Waals surface area contributed by atoms with Crippen LogP contribution in [-0.2, 0) is 10.0 Å². The third-order valence-corrected chi connectivity index (χ3v) is 4.75. The molecule has 3 rings (SSSR count). The summed E-state index contributed by atoms with van der Waals surface area (Å²) in [5, 5.41) is 7.30. The van der Waals surface area contributed by atoms with Gasteiger partial charge in [-0.3, -0.25) is 4.72 Å². The van der Waals surface area contributed by atoms with E-state index < -0.39 is 10.0 Å². The molecule has 1 N–H and O–H groups in total. The van der Waals surface area contributed by atoms with E-state index in [1.807, 2.05) is 19.1 Å². The first-order chi connectivity index (χ1) is 11.5. The molecule has 0 fully saturated rings. The SMILES string of the molecule is COc1cc(S(=O)(=O)Nc2cc(-c3ccco3)ccc2C)cnn1. The Morgan fingerprint density at radius 2 is 2.04 bits per heavy atom. The molecule has 0 saturated heterocycles. The number of furan rings is 1. The van der Waals surface area contributed by atoms with Crippen LogP contribution in [-0.4, -0.2) is 25.7 Å². The van der Waals surface area contributed by atoms with E-state index >= 15 is 0 Å². The van der Waals surface area contributed by atoms with Gasteiger partial charge in [0.1, 0.15) is 10.7 Å². The van der Waals surface area contributed by atoms with Crippen LogP contribution in [0.15, 0.2) is 58.2 Å². The molecule has 0 amide bonds. The number of ether oxygens (including phenoxy) is 1. The summed E-state index contributed by atoms with van der Waals surface area (Å²) in [5.41, 5.74) is 2.01. The first-order valence-corrected chi connectivity index (χ1v) is 8.52. The van der Waals surface area contributed by atoms with Gasteiger partial charge in [-0.2, -0.15) is 5.10 Å². The Kier molecular flexibility index (Phi) is 4.22. The van der Waals surface area contributed by atoms with Gasteiger partial charge in [0.25, 0.3) is 10.0 Å². The van der Waals surface area contributed by atoms with Gasteiger partial charge in [0.15, 0.2) is 0 Å². The van der Waals surface area contributed by atoms with Crippen LogP contribution in [0.1, 0.15) is 5.56 Å². The van der Waals surface area contributed by atoms with E-state index in [4.69, 9.17) is 9.15 Å². The van der Waals surface area contributed by atoms with Crippen molar-refractivity contribution in [3.63, 3.8) is 0 Å². The lowest BCUT2D eigenvalue weighted by Crippen LogP contribution is -2.14. The summed E-state index contributed by atoms with van der Waals surface area (Å²) in [5.74, 6) is 0.779. The van der Waals surface area contributed by atoms with Crippen molar-refractivity contribution in [3.05, 3.63) is 54.4 Å². The van der Waals surface area contributed by atoms with Crippen LogP contribution in [0.5, 0.6) is 5.88 Å². The largest absolute Gasteiger partial charge is 0.480 e. The summed E-state index contributed by atoms with van der Waals surface area (Å²) in [4.78, 5) is -0.0304. The molecule has 0 spiro atoms. The standard InChI is InChI=1S/C16H15N3O4S/c1-11-5-6-12(15-4-3-7-23-15)8-14(11)19-24(20,21)13-9-16(22-2)18-17-10-13/h3-10,19H,1-2H3. The van der Waals surface area contributed by atoms with Gasteiger partial charge < -0.3 is 9.15 Å². The molecule has 0 aliphatic rings. The first-order valence-electron chi connectivity index (χ1n) is 7.03. The van der Waals surface area contributed by atoms with Crippen LogP contribution in [0.25, 0.3) is 11.3 Å². The molecular weight excluding hydrogens is 330 g/mol. The molecule has 1 aromatic carbocycles. The number of nitrogens with one attached hydrogen (secondary N) is 1. The second kappa shape index (κ2) is 6.32. The van der Waals surface area contributed by atoms with E-state index in [0.717, 1.165) is 17.3 Å². The van der Waals surface area contributed by atoms with Gasteiger partial charge in [-0.05, 0) is 30.7 Å². The summed E-state index contributed by atoms with van der Waals surface area (Å²) >= 11 is 0. The number of hydrogen-bond donors (Lipinski definition) is 1. The zero-order chi connectivity index (χ0) is 17.2. The topological polar surface area (TPSA) is 94.3 Å². The second-order valence-corrected chi connectivity index (χ2v) is 6.73. The van der Waals surface area contributed by atoms with Crippen LogP contribution >= 0.6 is 0 Å². The maximum Gasteiger partial charge on any atom is 0.263 e. The number of sulfonamides is 1. The maximum atomic E-state index is 12.6. The number of methoxy groups -OCH3 is 1. The Morgan fingerprint density at radius 1 is 1.21 bits per heavy atom.